The predicted octanol–water partition coefficient (Wildman–Crippen LogP) is 5.20. The van der Waals surface area contributed by atoms with E-state index in [1.54, 1.807) is 6.07 Å². The summed E-state index contributed by atoms with van der Waals surface area (Å²) in [4.78, 5) is 0. The van der Waals surface area contributed by atoms with Gasteiger partial charge in [0.25, 0.3) is 0 Å². The Morgan fingerprint density at radius 2 is 1.80 bits per heavy atom. The number of benzene rings is 2. The molecule has 6 heteroatoms. The van der Waals surface area contributed by atoms with Crippen molar-refractivity contribution in [3.05, 3.63) is 55.7 Å². The highest BCUT2D eigenvalue weighted by atomic mass is 79.9. The number of rotatable bonds is 3. The number of halogens is 4. The van der Waals surface area contributed by atoms with Gasteiger partial charge in [-0.2, -0.15) is 0 Å². The van der Waals surface area contributed by atoms with Gasteiger partial charge in [-0.25, -0.2) is 4.39 Å². The summed E-state index contributed by atoms with van der Waals surface area (Å²) in [6.07, 6.45) is 0.215. The minimum Gasteiger partial charge on any atom is -0.508 e. The molecule has 0 aromatic heterocycles. The molecular formula is C14H10BrCl2FO2. The second kappa shape index (κ2) is 6.20. The number of ether oxygens (including phenoxy) is 1. The van der Waals surface area contributed by atoms with Gasteiger partial charge in [0.2, 0.25) is 0 Å². The molecule has 0 unspecified atom stereocenters. The highest BCUT2D eigenvalue weighted by Gasteiger charge is 2.14. The maximum atomic E-state index is 14.0. The Morgan fingerprint density at radius 3 is 2.35 bits per heavy atom. The number of hydrogen-bond acceptors (Lipinski definition) is 2. The van der Waals surface area contributed by atoms with Crippen molar-refractivity contribution in [1.82, 2.24) is 0 Å². The summed E-state index contributed by atoms with van der Waals surface area (Å²) in [5.41, 5.74) is 0.981. The van der Waals surface area contributed by atoms with E-state index < -0.39 is 5.82 Å². The van der Waals surface area contributed by atoms with Gasteiger partial charge in [0.15, 0.2) is 0 Å². The standard InChI is InChI=1S/C14H10BrCl2FO2/c1-20-14-6-13(18)7(3-10(14)15)2-9-11(16)4-8(19)5-12(9)17/h3-6,19H,2H2,1H3. The lowest BCUT2D eigenvalue weighted by Gasteiger charge is -2.11. The van der Waals surface area contributed by atoms with E-state index >= 15 is 0 Å². The van der Waals surface area contributed by atoms with Crippen LogP contribution >= 0.6 is 39.1 Å². The van der Waals surface area contributed by atoms with Crippen molar-refractivity contribution in [2.45, 2.75) is 6.42 Å². The Balaban J connectivity index is 2.43. The van der Waals surface area contributed by atoms with Crippen LogP contribution < -0.4 is 4.74 Å². The average Bonchev–Trinajstić information content (AvgIpc) is 2.37. The Morgan fingerprint density at radius 1 is 1.20 bits per heavy atom. The summed E-state index contributed by atoms with van der Waals surface area (Å²) in [7, 11) is 1.47. The van der Waals surface area contributed by atoms with Crippen molar-refractivity contribution in [2.75, 3.05) is 7.11 Å². The van der Waals surface area contributed by atoms with Gasteiger partial charge in [-0.05, 0) is 45.3 Å². The van der Waals surface area contributed by atoms with Gasteiger partial charge in [0, 0.05) is 22.5 Å². The van der Waals surface area contributed by atoms with Crippen LogP contribution in [0.4, 0.5) is 4.39 Å². The van der Waals surface area contributed by atoms with E-state index in [9.17, 15) is 9.50 Å². The Labute approximate surface area is 134 Å². The third-order valence-corrected chi connectivity index (χ3v) is 4.11. The fourth-order valence-corrected chi connectivity index (χ4v) is 2.97. The first kappa shape index (κ1) is 15.4. The number of phenols is 1. The summed E-state index contributed by atoms with van der Waals surface area (Å²) >= 11 is 15.4. The second-order valence-electron chi connectivity index (χ2n) is 4.14. The summed E-state index contributed by atoms with van der Waals surface area (Å²) in [5.74, 6) is -0.0282. The third-order valence-electron chi connectivity index (χ3n) is 2.81. The molecule has 2 nitrogen and oxygen atoms in total. The topological polar surface area (TPSA) is 29.5 Å². The lowest BCUT2D eigenvalue weighted by atomic mass is 10.0. The van der Waals surface area contributed by atoms with Crippen molar-refractivity contribution in [1.29, 1.82) is 0 Å². The summed E-state index contributed by atoms with van der Waals surface area (Å²) in [6, 6.07) is 5.66. The van der Waals surface area contributed by atoms with Crippen molar-refractivity contribution in [3.8, 4) is 11.5 Å². The molecular weight excluding hydrogens is 370 g/mol. The van der Waals surface area contributed by atoms with Crippen molar-refractivity contribution in [3.63, 3.8) is 0 Å². The fourth-order valence-electron chi connectivity index (χ4n) is 1.81. The van der Waals surface area contributed by atoms with E-state index in [-0.39, 0.29) is 12.2 Å². The molecule has 0 aliphatic carbocycles. The quantitative estimate of drug-likeness (QED) is 0.794. The van der Waals surface area contributed by atoms with Crippen LogP contribution in [0.1, 0.15) is 11.1 Å². The fraction of sp³-hybridized carbons (Fsp3) is 0.143. The van der Waals surface area contributed by atoms with Crippen LogP contribution in [-0.4, -0.2) is 12.2 Å². The third kappa shape index (κ3) is 3.19. The van der Waals surface area contributed by atoms with Crippen LogP contribution in [0.3, 0.4) is 0 Å². The number of methoxy groups -OCH3 is 1. The van der Waals surface area contributed by atoms with E-state index in [0.717, 1.165) is 0 Å². The molecule has 0 fully saturated rings. The SMILES string of the molecule is COc1cc(F)c(Cc2c(Cl)cc(O)cc2Cl)cc1Br. The Kier molecular flexibility index (Phi) is 4.78. The maximum Gasteiger partial charge on any atom is 0.135 e. The zero-order valence-electron chi connectivity index (χ0n) is 10.4. The van der Waals surface area contributed by atoms with Crippen LogP contribution in [0.5, 0.6) is 11.5 Å². The zero-order valence-corrected chi connectivity index (χ0v) is 13.5. The van der Waals surface area contributed by atoms with Crippen LogP contribution in [0.15, 0.2) is 28.7 Å². The average molecular weight is 380 g/mol. The minimum absolute atomic E-state index is 0.0277. The van der Waals surface area contributed by atoms with E-state index in [1.807, 2.05) is 0 Å². The van der Waals surface area contributed by atoms with Gasteiger partial charge in [0.1, 0.15) is 17.3 Å². The van der Waals surface area contributed by atoms with Crippen LogP contribution in [0, 0.1) is 5.82 Å². The van der Waals surface area contributed by atoms with Gasteiger partial charge in [0.05, 0.1) is 11.6 Å². The molecule has 2 aromatic rings. The molecule has 0 saturated carbocycles. The molecule has 2 aromatic carbocycles. The first-order valence-corrected chi connectivity index (χ1v) is 7.16. The Bertz CT molecular complexity index is 639. The highest BCUT2D eigenvalue weighted by molar-refractivity contribution is 9.10. The predicted molar refractivity (Wildman–Crippen MR) is 81.6 cm³/mol. The molecule has 0 aliphatic heterocycles. The second-order valence-corrected chi connectivity index (χ2v) is 5.81. The number of hydrogen-bond donors (Lipinski definition) is 1. The molecule has 0 radical (unpaired) electrons. The molecule has 2 rings (SSSR count). The van der Waals surface area contributed by atoms with Gasteiger partial charge in [-0.1, -0.05) is 23.2 Å². The van der Waals surface area contributed by atoms with E-state index in [1.165, 1.54) is 25.3 Å². The van der Waals surface area contributed by atoms with Crippen LogP contribution in [0.25, 0.3) is 0 Å². The summed E-state index contributed by atoms with van der Waals surface area (Å²) in [6.45, 7) is 0. The molecule has 1 N–H and O–H groups in total. The van der Waals surface area contributed by atoms with Gasteiger partial charge < -0.3 is 9.84 Å². The molecule has 0 heterocycles. The van der Waals surface area contributed by atoms with Crippen molar-refractivity contribution >= 4 is 39.1 Å². The molecule has 20 heavy (non-hydrogen) atoms. The maximum absolute atomic E-state index is 14.0. The summed E-state index contributed by atoms with van der Waals surface area (Å²) < 4.78 is 19.7. The largest absolute Gasteiger partial charge is 0.508 e. The molecule has 0 atom stereocenters. The smallest absolute Gasteiger partial charge is 0.135 e. The highest BCUT2D eigenvalue weighted by Crippen LogP contribution is 2.34. The van der Waals surface area contributed by atoms with E-state index in [4.69, 9.17) is 27.9 Å². The van der Waals surface area contributed by atoms with E-state index in [2.05, 4.69) is 15.9 Å². The van der Waals surface area contributed by atoms with Gasteiger partial charge in [-0.15, -0.1) is 0 Å². The molecule has 0 bridgehead atoms. The molecule has 0 aliphatic rings. The van der Waals surface area contributed by atoms with E-state index in [0.29, 0.717) is 31.4 Å². The summed E-state index contributed by atoms with van der Waals surface area (Å²) in [5, 5.41) is 9.97. The van der Waals surface area contributed by atoms with Crippen LogP contribution in [-0.2, 0) is 6.42 Å². The number of phenolic OH excluding ortho intramolecular Hbond substituents is 1. The molecule has 0 spiro atoms. The first-order chi connectivity index (χ1) is 9.42. The van der Waals surface area contributed by atoms with Gasteiger partial charge >= 0.3 is 0 Å². The Hall–Kier alpha value is -0.970. The molecule has 0 amide bonds. The molecule has 106 valence electrons. The number of aromatic hydroxyl groups is 1. The minimum atomic E-state index is -0.412. The normalized spacial score (nSPS) is 10.7. The van der Waals surface area contributed by atoms with Crippen molar-refractivity contribution < 1.29 is 14.2 Å². The lowest BCUT2D eigenvalue weighted by molar-refractivity contribution is 0.408. The van der Waals surface area contributed by atoms with Crippen LogP contribution in [0.2, 0.25) is 10.0 Å². The monoisotopic (exact) mass is 378 g/mol. The zero-order chi connectivity index (χ0) is 14.9. The van der Waals surface area contributed by atoms with Crippen molar-refractivity contribution in [2.24, 2.45) is 0 Å². The lowest BCUT2D eigenvalue weighted by Crippen LogP contribution is -1.97. The first-order valence-electron chi connectivity index (χ1n) is 5.61. The molecule has 0 saturated heterocycles. The van der Waals surface area contributed by atoms with Gasteiger partial charge in [-0.3, -0.25) is 0 Å².